The molecular weight excluding hydrogens is 242 g/mol. The fourth-order valence-corrected chi connectivity index (χ4v) is 2.55. The summed E-state index contributed by atoms with van der Waals surface area (Å²) in [5.41, 5.74) is 4.13. The number of hydrogen-bond donors (Lipinski definition) is 1. The van der Waals surface area contributed by atoms with Crippen LogP contribution in [-0.2, 0) is 0 Å². The Morgan fingerprint density at radius 2 is 1.50 bits per heavy atom. The van der Waals surface area contributed by atoms with Gasteiger partial charge in [0.15, 0.2) is 0 Å². The van der Waals surface area contributed by atoms with Crippen LogP contribution in [0.1, 0.15) is 38.7 Å². The van der Waals surface area contributed by atoms with Crippen molar-refractivity contribution in [1.29, 1.82) is 0 Å². The summed E-state index contributed by atoms with van der Waals surface area (Å²) in [7, 11) is 0. The van der Waals surface area contributed by atoms with Crippen LogP contribution in [0, 0.1) is 0 Å². The van der Waals surface area contributed by atoms with E-state index in [9.17, 15) is 0 Å². The number of benzene rings is 2. The van der Waals surface area contributed by atoms with E-state index in [1.165, 1.54) is 23.1 Å². The fourth-order valence-electron chi connectivity index (χ4n) is 2.55. The summed E-state index contributed by atoms with van der Waals surface area (Å²) in [6.45, 7) is 7.79. The van der Waals surface area contributed by atoms with Crippen molar-refractivity contribution in [3.63, 3.8) is 0 Å². The molecule has 20 heavy (non-hydrogen) atoms. The Bertz CT molecular complexity index is 516. The highest BCUT2D eigenvalue weighted by atomic mass is 14.9. The normalized spacial score (nSPS) is 12.6. The minimum absolute atomic E-state index is 0.562. The van der Waals surface area contributed by atoms with E-state index in [0.29, 0.717) is 12.0 Å². The van der Waals surface area contributed by atoms with Crippen molar-refractivity contribution in [1.82, 2.24) is 5.32 Å². The largest absolute Gasteiger partial charge is 0.315 e. The minimum atomic E-state index is 0.562. The molecule has 0 fully saturated rings. The molecule has 0 aliphatic rings. The van der Waals surface area contributed by atoms with Crippen LogP contribution < -0.4 is 5.32 Å². The third kappa shape index (κ3) is 3.94. The lowest BCUT2D eigenvalue weighted by atomic mass is 9.90. The second kappa shape index (κ2) is 7.25. The molecule has 0 bridgehead atoms. The third-order valence-electron chi connectivity index (χ3n) is 3.71. The molecule has 0 aliphatic heterocycles. The highest BCUT2D eigenvalue weighted by Crippen LogP contribution is 2.30. The van der Waals surface area contributed by atoms with Gasteiger partial charge in [-0.15, -0.1) is 0 Å². The second-order valence-corrected chi connectivity index (χ2v) is 5.75. The van der Waals surface area contributed by atoms with Crippen molar-refractivity contribution in [3.8, 4) is 11.1 Å². The molecule has 2 aromatic rings. The maximum absolute atomic E-state index is 3.51. The Morgan fingerprint density at radius 1 is 0.850 bits per heavy atom. The van der Waals surface area contributed by atoms with Crippen molar-refractivity contribution in [3.05, 3.63) is 60.2 Å². The first-order valence-corrected chi connectivity index (χ1v) is 7.56. The van der Waals surface area contributed by atoms with E-state index in [2.05, 4.69) is 80.7 Å². The van der Waals surface area contributed by atoms with Crippen molar-refractivity contribution >= 4 is 0 Å². The van der Waals surface area contributed by atoms with Gasteiger partial charge in [-0.05, 0) is 35.6 Å². The summed E-state index contributed by atoms with van der Waals surface area (Å²) in [5.74, 6) is 0.567. The van der Waals surface area contributed by atoms with E-state index in [0.717, 1.165) is 6.54 Å². The monoisotopic (exact) mass is 267 g/mol. The molecule has 0 aromatic heterocycles. The van der Waals surface area contributed by atoms with E-state index in [1.807, 2.05) is 0 Å². The van der Waals surface area contributed by atoms with Crippen LogP contribution in [0.4, 0.5) is 0 Å². The third-order valence-corrected chi connectivity index (χ3v) is 3.71. The van der Waals surface area contributed by atoms with Crippen molar-refractivity contribution in [2.24, 2.45) is 0 Å². The van der Waals surface area contributed by atoms with Gasteiger partial charge in [0.05, 0.1) is 0 Å². The Hall–Kier alpha value is -1.60. The summed E-state index contributed by atoms with van der Waals surface area (Å²) in [5, 5.41) is 3.51. The van der Waals surface area contributed by atoms with Gasteiger partial charge in [-0.3, -0.25) is 0 Å². The molecule has 0 radical (unpaired) electrons. The average Bonchev–Trinajstić information content (AvgIpc) is 2.47. The van der Waals surface area contributed by atoms with Gasteiger partial charge in [0.2, 0.25) is 0 Å². The van der Waals surface area contributed by atoms with E-state index in [-0.39, 0.29) is 0 Å². The molecule has 0 aliphatic carbocycles. The lowest BCUT2D eigenvalue weighted by Crippen LogP contribution is -2.24. The van der Waals surface area contributed by atoms with E-state index in [4.69, 9.17) is 0 Å². The van der Waals surface area contributed by atoms with Crippen LogP contribution in [0.25, 0.3) is 11.1 Å². The fraction of sp³-hybridized carbons (Fsp3) is 0.368. The molecule has 0 saturated heterocycles. The number of rotatable bonds is 6. The van der Waals surface area contributed by atoms with Crippen molar-refractivity contribution in [2.75, 3.05) is 6.54 Å². The molecular formula is C19H25N. The lowest BCUT2D eigenvalue weighted by Gasteiger charge is -2.18. The quantitative estimate of drug-likeness (QED) is 0.789. The summed E-state index contributed by atoms with van der Waals surface area (Å²) in [4.78, 5) is 0. The highest BCUT2D eigenvalue weighted by Gasteiger charge is 2.11. The second-order valence-electron chi connectivity index (χ2n) is 5.75. The summed E-state index contributed by atoms with van der Waals surface area (Å²) < 4.78 is 0. The molecule has 1 N–H and O–H groups in total. The van der Waals surface area contributed by atoms with Crippen LogP contribution in [-0.4, -0.2) is 12.6 Å². The molecule has 1 atom stereocenters. The Morgan fingerprint density at radius 3 is 2.20 bits per heavy atom. The predicted molar refractivity (Wildman–Crippen MR) is 88.0 cm³/mol. The van der Waals surface area contributed by atoms with Crippen molar-refractivity contribution < 1.29 is 0 Å². The maximum Gasteiger partial charge on any atom is 0.00103 e. The molecule has 106 valence electrons. The van der Waals surface area contributed by atoms with Gasteiger partial charge < -0.3 is 5.32 Å². The summed E-state index contributed by atoms with van der Waals surface area (Å²) in [6.07, 6.45) is 1.17. The Balaban J connectivity index is 2.16. The zero-order valence-corrected chi connectivity index (χ0v) is 12.8. The Kier molecular flexibility index (Phi) is 5.37. The molecule has 1 unspecified atom stereocenters. The minimum Gasteiger partial charge on any atom is -0.315 e. The highest BCUT2D eigenvalue weighted by molar-refractivity contribution is 5.67. The zero-order chi connectivity index (χ0) is 14.4. The van der Waals surface area contributed by atoms with Gasteiger partial charge in [0.1, 0.15) is 0 Å². The van der Waals surface area contributed by atoms with Gasteiger partial charge in [0.25, 0.3) is 0 Å². The van der Waals surface area contributed by atoms with Crippen LogP contribution in [0.5, 0.6) is 0 Å². The van der Waals surface area contributed by atoms with E-state index < -0.39 is 0 Å². The van der Waals surface area contributed by atoms with E-state index >= 15 is 0 Å². The predicted octanol–water partition coefficient (Wildman–Crippen LogP) is 4.85. The molecule has 0 amide bonds. The van der Waals surface area contributed by atoms with Crippen LogP contribution in [0.3, 0.4) is 0 Å². The number of nitrogens with one attached hydrogen (secondary N) is 1. The molecule has 0 spiro atoms. The smallest absolute Gasteiger partial charge is 0.00103 e. The van der Waals surface area contributed by atoms with Gasteiger partial charge >= 0.3 is 0 Å². The first-order chi connectivity index (χ1) is 9.68. The summed E-state index contributed by atoms with van der Waals surface area (Å²) >= 11 is 0. The van der Waals surface area contributed by atoms with Gasteiger partial charge in [-0.25, -0.2) is 0 Å². The zero-order valence-electron chi connectivity index (χ0n) is 12.8. The van der Waals surface area contributed by atoms with Gasteiger partial charge in [-0.2, -0.15) is 0 Å². The number of hydrogen-bond acceptors (Lipinski definition) is 1. The molecule has 0 heterocycles. The van der Waals surface area contributed by atoms with Crippen LogP contribution in [0.2, 0.25) is 0 Å². The molecule has 2 aromatic carbocycles. The standard InChI is InChI=1S/C19H25N/c1-15(2)20-14-13-16(3)18-11-7-8-12-19(18)17-9-5-4-6-10-17/h4-12,15-16,20H,13-14H2,1-3H3. The van der Waals surface area contributed by atoms with Crippen molar-refractivity contribution in [2.45, 2.75) is 39.2 Å². The molecule has 2 rings (SSSR count). The first-order valence-electron chi connectivity index (χ1n) is 7.56. The first kappa shape index (κ1) is 14.8. The van der Waals surface area contributed by atoms with Gasteiger partial charge in [-0.1, -0.05) is 75.4 Å². The lowest BCUT2D eigenvalue weighted by molar-refractivity contribution is 0.541. The molecule has 1 nitrogen and oxygen atoms in total. The average molecular weight is 267 g/mol. The summed E-state index contributed by atoms with van der Waals surface area (Å²) in [6, 6.07) is 20.0. The van der Waals surface area contributed by atoms with Crippen LogP contribution >= 0.6 is 0 Å². The SMILES string of the molecule is CC(C)NCCC(C)c1ccccc1-c1ccccc1. The topological polar surface area (TPSA) is 12.0 Å². The van der Waals surface area contributed by atoms with E-state index in [1.54, 1.807) is 0 Å². The molecule has 1 heteroatoms. The van der Waals surface area contributed by atoms with Crippen LogP contribution in [0.15, 0.2) is 54.6 Å². The maximum atomic E-state index is 3.51. The molecule has 0 saturated carbocycles. The van der Waals surface area contributed by atoms with Gasteiger partial charge in [0, 0.05) is 6.04 Å². The Labute approximate surface area is 123 Å².